The second-order valence-corrected chi connectivity index (χ2v) is 3.82. The summed E-state index contributed by atoms with van der Waals surface area (Å²) in [5.74, 6) is -0.183. The molecule has 0 amide bonds. The normalized spacial score (nSPS) is 27.1. The van der Waals surface area contributed by atoms with Gasteiger partial charge in [-0.25, -0.2) is 0 Å². The van der Waals surface area contributed by atoms with Crippen LogP contribution in [0.2, 0.25) is 0 Å². The predicted molar refractivity (Wildman–Crippen MR) is 44.8 cm³/mol. The van der Waals surface area contributed by atoms with Gasteiger partial charge < -0.3 is 9.47 Å². The number of hydrogen-bond acceptors (Lipinski definition) is 3. The average Bonchev–Trinajstić information content (AvgIpc) is 2.30. The van der Waals surface area contributed by atoms with Crippen molar-refractivity contribution in [2.75, 3.05) is 7.11 Å². The van der Waals surface area contributed by atoms with Crippen LogP contribution in [0.3, 0.4) is 0 Å². The van der Waals surface area contributed by atoms with E-state index in [9.17, 15) is 4.79 Å². The first-order valence-corrected chi connectivity index (χ1v) is 4.28. The van der Waals surface area contributed by atoms with Crippen LogP contribution in [0, 0.1) is 0 Å². The minimum atomic E-state index is -0.183. The number of methoxy groups -OCH3 is 1. The number of hydrogen-bond donors (Lipinski definition) is 0. The van der Waals surface area contributed by atoms with Gasteiger partial charge in [0.05, 0.1) is 25.2 Å². The van der Waals surface area contributed by atoms with Crippen LogP contribution in [0.4, 0.5) is 0 Å². The zero-order chi connectivity index (χ0) is 9.19. The molecule has 0 N–H and O–H groups in total. The fourth-order valence-corrected chi connectivity index (χ4v) is 1.49. The monoisotopic (exact) mass is 172 g/mol. The average molecular weight is 172 g/mol. The fraction of sp³-hybridized carbons (Fsp3) is 0.889. The van der Waals surface area contributed by atoms with Crippen LogP contribution in [0.15, 0.2) is 0 Å². The summed E-state index contributed by atoms with van der Waals surface area (Å²) < 4.78 is 10.2. The molecule has 1 heterocycles. The van der Waals surface area contributed by atoms with E-state index in [-0.39, 0.29) is 17.7 Å². The Kier molecular flexibility index (Phi) is 2.73. The molecule has 0 aromatic rings. The van der Waals surface area contributed by atoms with E-state index in [2.05, 4.69) is 4.74 Å². The van der Waals surface area contributed by atoms with Crippen molar-refractivity contribution in [1.29, 1.82) is 0 Å². The van der Waals surface area contributed by atoms with Gasteiger partial charge in [0.15, 0.2) is 0 Å². The lowest BCUT2D eigenvalue weighted by Crippen LogP contribution is -2.21. The summed E-state index contributed by atoms with van der Waals surface area (Å²) in [6.07, 6.45) is 2.43. The summed E-state index contributed by atoms with van der Waals surface area (Å²) in [7, 11) is 1.41. The fourth-order valence-electron chi connectivity index (χ4n) is 1.49. The Morgan fingerprint density at radius 1 is 1.67 bits per heavy atom. The Morgan fingerprint density at radius 3 is 2.75 bits per heavy atom. The standard InChI is InChI=1S/C9H16O3/c1-9(2)5-4-7(12-9)6-8(10)11-3/h7H,4-6H2,1-3H3. The van der Waals surface area contributed by atoms with Crippen LogP contribution >= 0.6 is 0 Å². The summed E-state index contributed by atoms with van der Waals surface area (Å²) in [5, 5.41) is 0. The summed E-state index contributed by atoms with van der Waals surface area (Å²) in [6.45, 7) is 4.09. The molecule has 1 unspecified atom stereocenters. The Hall–Kier alpha value is -0.570. The zero-order valence-electron chi connectivity index (χ0n) is 7.92. The van der Waals surface area contributed by atoms with Gasteiger partial charge >= 0.3 is 5.97 Å². The molecule has 1 atom stereocenters. The Bertz CT molecular complexity index is 175. The highest BCUT2D eigenvalue weighted by atomic mass is 16.5. The van der Waals surface area contributed by atoms with E-state index in [0.29, 0.717) is 6.42 Å². The second-order valence-electron chi connectivity index (χ2n) is 3.82. The maximum atomic E-state index is 10.9. The SMILES string of the molecule is COC(=O)CC1CCC(C)(C)O1. The molecule has 70 valence electrons. The van der Waals surface area contributed by atoms with Gasteiger partial charge in [-0.15, -0.1) is 0 Å². The van der Waals surface area contributed by atoms with E-state index >= 15 is 0 Å². The van der Waals surface area contributed by atoms with Crippen molar-refractivity contribution in [3.8, 4) is 0 Å². The van der Waals surface area contributed by atoms with Crippen molar-refractivity contribution >= 4 is 5.97 Å². The molecule has 0 aromatic carbocycles. The molecule has 0 radical (unpaired) electrons. The number of esters is 1. The van der Waals surface area contributed by atoms with Crippen molar-refractivity contribution in [3.05, 3.63) is 0 Å². The molecule has 3 heteroatoms. The van der Waals surface area contributed by atoms with Crippen LogP contribution in [-0.2, 0) is 14.3 Å². The molecule has 3 nitrogen and oxygen atoms in total. The number of rotatable bonds is 2. The Balaban J connectivity index is 2.33. The van der Waals surface area contributed by atoms with Crippen LogP contribution in [-0.4, -0.2) is 24.8 Å². The first-order valence-electron chi connectivity index (χ1n) is 4.28. The van der Waals surface area contributed by atoms with E-state index in [4.69, 9.17) is 4.74 Å². The minimum absolute atomic E-state index is 0.0569. The first-order chi connectivity index (χ1) is 5.53. The Morgan fingerprint density at radius 2 is 2.33 bits per heavy atom. The molecule has 0 aliphatic carbocycles. The minimum Gasteiger partial charge on any atom is -0.469 e. The third-order valence-electron chi connectivity index (χ3n) is 2.18. The number of carbonyl (C=O) groups is 1. The molecule has 1 aliphatic heterocycles. The Labute approximate surface area is 73.0 Å². The maximum Gasteiger partial charge on any atom is 0.308 e. The molecule has 0 aromatic heterocycles. The van der Waals surface area contributed by atoms with Crippen molar-refractivity contribution < 1.29 is 14.3 Å². The molecule has 1 saturated heterocycles. The van der Waals surface area contributed by atoms with Crippen molar-refractivity contribution in [3.63, 3.8) is 0 Å². The highest BCUT2D eigenvalue weighted by molar-refractivity contribution is 5.69. The molecule has 1 aliphatic rings. The van der Waals surface area contributed by atoms with Gasteiger partial charge in [0.1, 0.15) is 0 Å². The third-order valence-corrected chi connectivity index (χ3v) is 2.18. The predicted octanol–water partition coefficient (Wildman–Crippen LogP) is 1.51. The maximum absolute atomic E-state index is 10.9. The molecule has 0 saturated carbocycles. The van der Waals surface area contributed by atoms with E-state index in [1.54, 1.807) is 0 Å². The molecule has 1 rings (SSSR count). The van der Waals surface area contributed by atoms with Crippen molar-refractivity contribution in [2.24, 2.45) is 0 Å². The van der Waals surface area contributed by atoms with Crippen LogP contribution in [0.25, 0.3) is 0 Å². The highest BCUT2D eigenvalue weighted by Crippen LogP contribution is 2.30. The van der Waals surface area contributed by atoms with E-state index in [1.165, 1.54) is 7.11 Å². The zero-order valence-corrected chi connectivity index (χ0v) is 7.92. The van der Waals surface area contributed by atoms with Crippen LogP contribution < -0.4 is 0 Å². The summed E-state index contributed by atoms with van der Waals surface area (Å²) >= 11 is 0. The van der Waals surface area contributed by atoms with Gasteiger partial charge in [0.25, 0.3) is 0 Å². The molecule has 0 spiro atoms. The van der Waals surface area contributed by atoms with Crippen LogP contribution in [0.5, 0.6) is 0 Å². The topological polar surface area (TPSA) is 35.5 Å². The molecular weight excluding hydrogens is 156 g/mol. The number of carbonyl (C=O) groups excluding carboxylic acids is 1. The van der Waals surface area contributed by atoms with Gasteiger partial charge in [-0.3, -0.25) is 4.79 Å². The van der Waals surface area contributed by atoms with E-state index in [0.717, 1.165) is 12.8 Å². The molecule has 0 bridgehead atoms. The summed E-state index contributed by atoms with van der Waals surface area (Å²) in [6, 6.07) is 0. The van der Waals surface area contributed by atoms with Gasteiger partial charge in [0, 0.05) is 0 Å². The molecular formula is C9H16O3. The van der Waals surface area contributed by atoms with Crippen LogP contribution in [0.1, 0.15) is 33.1 Å². The van der Waals surface area contributed by atoms with Gasteiger partial charge in [-0.05, 0) is 26.7 Å². The van der Waals surface area contributed by atoms with Crippen molar-refractivity contribution in [1.82, 2.24) is 0 Å². The summed E-state index contributed by atoms with van der Waals surface area (Å²) in [4.78, 5) is 10.9. The largest absolute Gasteiger partial charge is 0.469 e. The first kappa shape index (κ1) is 9.52. The lowest BCUT2D eigenvalue weighted by molar-refractivity contribution is -0.144. The van der Waals surface area contributed by atoms with Gasteiger partial charge in [-0.2, -0.15) is 0 Å². The van der Waals surface area contributed by atoms with E-state index in [1.807, 2.05) is 13.8 Å². The highest BCUT2D eigenvalue weighted by Gasteiger charge is 2.32. The van der Waals surface area contributed by atoms with E-state index < -0.39 is 0 Å². The van der Waals surface area contributed by atoms with Crippen molar-refractivity contribution in [2.45, 2.75) is 44.8 Å². The quantitative estimate of drug-likeness (QED) is 0.592. The summed E-state index contributed by atoms with van der Waals surface area (Å²) in [5.41, 5.74) is -0.0569. The second kappa shape index (κ2) is 3.44. The lowest BCUT2D eigenvalue weighted by Gasteiger charge is -2.18. The van der Waals surface area contributed by atoms with Gasteiger partial charge in [-0.1, -0.05) is 0 Å². The molecule has 1 fully saturated rings. The lowest BCUT2D eigenvalue weighted by atomic mass is 10.0. The number of ether oxygens (including phenoxy) is 2. The third kappa shape index (κ3) is 2.48. The molecule has 12 heavy (non-hydrogen) atoms. The smallest absolute Gasteiger partial charge is 0.308 e. The van der Waals surface area contributed by atoms with Gasteiger partial charge in [0.2, 0.25) is 0 Å².